The zero-order valence-corrected chi connectivity index (χ0v) is 12.8. The highest BCUT2D eigenvalue weighted by molar-refractivity contribution is 6.02. The second-order valence-corrected chi connectivity index (χ2v) is 6.12. The van der Waals surface area contributed by atoms with E-state index in [2.05, 4.69) is 12.1 Å². The van der Waals surface area contributed by atoms with Gasteiger partial charge in [-0.25, -0.2) is 0 Å². The molecule has 0 aromatic heterocycles. The minimum absolute atomic E-state index is 0.133. The predicted molar refractivity (Wildman–Crippen MR) is 81.8 cm³/mol. The average Bonchev–Trinajstić information content (AvgIpc) is 2.46. The Morgan fingerprint density at radius 3 is 2.71 bits per heavy atom. The Labute approximate surface area is 126 Å². The third kappa shape index (κ3) is 2.90. The van der Waals surface area contributed by atoms with Crippen LogP contribution in [0.5, 0.6) is 0 Å². The Kier molecular flexibility index (Phi) is 4.41. The summed E-state index contributed by atoms with van der Waals surface area (Å²) < 4.78 is 11.3. The number of ketones is 1. The van der Waals surface area contributed by atoms with Crippen molar-refractivity contribution in [1.82, 2.24) is 0 Å². The molecule has 0 amide bonds. The van der Waals surface area contributed by atoms with Crippen LogP contribution in [-0.4, -0.2) is 31.2 Å². The lowest BCUT2D eigenvalue weighted by Crippen LogP contribution is -2.46. The van der Waals surface area contributed by atoms with Crippen LogP contribution in [0.25, 0.3) is 0 Å². The molecule has 114 valence electrons. The fourth-order valence-corrected chi connectivity index (χ4v) is 3.35. The number of rotatable bonds is 5. The van der Waals surface area contributed by atoms with Crippen LogP contribution < -0.4 is 0 Å². The molecule has 0 radical (unpaired) electrons. The monoisotopic (exact) mass is 288 g/mol. The topological polar surface area (TPSA) is 35.5 Å². The molecule has 1 aromatic carbocycles. The van der Waals surface area contributed by atoms with Crippen molar-refractivity contribution < 1.29 is 14.3 Å². The largest absolute Gasteiger partial charge is 0.381 e. The Bertz CT molecular complexity index is 493. The fraction of sp³-hybridized carbons (Fsp3) is 0.611. The molecule has 1 saturated carbocycles. The third-order valence-electron chi connectivity index (χ3n) is 4.86. The summed E-state index contributed by atoms with van der Waals surface area (Å²) in [5.41, 5.74) is 1.44. The fourth-order valence-electron chi connectivity index (χ4n) is 3.35. The Morgan fingerprint density at radius 1 is 1.33 bits per heavy atom. The summed E-state index contributed by atoms with van der Waals surface area (Å²) in [6, 6.07) is 8.18. The molecule has 2 fully saturated rings. The van der Waals surface area contributed by atoms with Gasteiger partial charge in [-0.15, -0.1) is 0 Å². The zero-order valence-electron chi connectivity index (χ0n) is 12.8. The molecule has 21 heavy (non-hydrogen) atoms. The minimum Gasteiger partial charge on any atom is -0.381 e. The predicted octanol–water partition coefficient (Wildman–Crippen LogP) is 3.72. The molecule has 2 aliphatic rings. The molecule has 0 bridgehead atoms. The van der Waals surface area contributed by atoms with E-state index in [-0.39, 0.29) is 5.78 Å². The number of benzene rings is 1. The van der Waals surface area contributed by atoms with Crippen molar-refractivity contribution in [3.8, 4) is 0 Å². The molecule has 1 aliphatic carbocycles. The normalized spacial score (nSPS) is 21.8. The molecule has 0 N–H and O–H groups in total. The molecule has 1 heterocycles. The second kappa shape index (κ2) is 6.29. The van der Waals surface area contributed by atoms with Crippen LogP contribution in [0.2, 0.25) is 0 Å². The summed E-state index contributed by atoms with van der Waals surface area (Å²) in [5, 5.41) is 0. The van der Waals surface area contributed by atoms with Gasteiger partial charge < -0.3 is 9.47 Å². The van der Waals surface area contributed by atoms with Gasteiger partial charge in [-0.05, 0) is 37.3 Å². The summed E-state index contributed by atoms with van der Waals surface area (Å²) in [5.74, 6) is 0.782. The zero-order chi connectivity index (χ0) is 14.7. The van der Waals surface area contributed by atoms with Gasteiger partial charge in [0.2, 0.25) is 0 Å². The minimum atomic E-state index is -0.675. The number of ether oxygens (including phenoxy) is 2. The van der Waals surface area contributed by atoms with E-state index in [1.807, 2.05) is 19.1 Å². The Balaban J connectivity index is 1.85. The first-order chi connectivity index (χ1) is 10.2. The van der Waals surface area contributed by atoms with Crippen molar-refractivity contribution in [2.24, 2.45) is 0 Å². The van der Waals surface area contributed by atoms with Crippen LogP contribution >= 0.6 is 0 Å². The summed E-state index contributed by atoms with van der Waals surface area (Å²) in [6.45, 7) is 3.73. The molecule has 3 rings (SSSR count). The van der Waals surface area contributed by atoms with Gasteiger partial charge in [-0.1, -0.05) is 24.6 Å². The first kappa shape index (κ1) is 14.7. The van der Waals surface area contributed by atoms with Crippen molar-refractivity contribution in [1.29, 1.82) is 0 Å². The molecule has 1 saturated heterocycles. The van der Waals surface area contributed by atoms with E-state index in [1.54, 1.807) is 0 Å². The molecule has 3 heteroatoms. The van der Waals surface area contributed by atoms with Gasteiger partial charge >= 0.3 is 0 Å². The van der Waals surface area contributed by atoms with Gasteiger partial charge in [0.15, 0.2) is 5.78 Å². The highest BCUT2D eigenvalue weighted by Crippen LogP contribution is 2.37. The summed E-state index contributed by atoms with van der Waals surface area (Å²) in [4.78, 5) is 13.0. The Hall–Kier alpha value is -1.19. The quantitative estimate of drug-likeness (QED) is 0.775. The van der Waals surface area contributed by atoms with Gasteiger partial charge in [0, 0.05) is 38.2 Å². The van der Waals surface area contributed by atoms with Crippen molar-refractivity contribution in [3.05, 3.63) is 35.4 Å². The maximum Gasteiger partial charge on any atom is 0.194 e. The van der Waals surface area contributed by atoms with E-state index in [9.17, 15) is 4.79 Å². The van der Waals surface area contributed by atoms with Crippen LogP contribution in [0, 0.1) is 0 Å². The van der Waals surface area contributed by atoms with Crippen LogP contribution in [-0.2, 0) is 9.47 Å². The average molecular weight is 288 g/mol. The standard InChI is InChI=1S/C18H24O3/c1-2-21-18(9-11-20-12-10-18)17(19)16-8-4-7-15(13-16)14-5-3-6-14/h4,7-8,13-14H,2-3,5-6,9-12H2,1H3. The smallest absolute Gasteiger partial charge is 0.194 e. The van der Waals surface area contributed by atoms with Gasteiger partial charge in [-0.2, -0.15) is 0 Å². The van der Waals surface area contributed by atoms with Crippen LogP contribution in [0.1, 0.15) is 60.9 Å². The first-order valence-corrected chi connectivity index (χ1v) is 8.12. The van der Waals surface area contributed by atoms with E-state index < -0.39 is 5.60 Å². The molecule has 1 aliphatic heterocycles. The van der Waals surface area contributed by atoms with Crippen molar-refractivity contribution in [2.75, 3.05) is 19.8 Å². The lowest BCUT2D eigenvalue weighted by Gasteiger charge is -2.35. The van der Waals surface area contributed by atoms with Gasteiger partial charge in [0.1, 0.15) is 5.60 Å². The van der Waals surface area contributed by atoms with E-state index in [0.717, 1.165) is 5.56 Å². The van der Waals surface area contributed by atoms with Crippen LogP contribution in [0.15, 0.2) is 24.3 Å². The van der Waals surface area contributed by atoms with E-state index in [4.69, 9.17) is 9.47 Å². The lowest BCUT2D eigenvalue weighted by molar-refractivity contribution is -0.0822. The Morgan fingerprint density at radius 2 is 2.10 bits per heavy atom. The van der Waals surface area contributed by atoms with E-state index >= 15 is 0 Å². The summed E-state index contributed by atoms with van der Waals surface area (Å²) in [6.07, 6.45) is 5.13. The van der Waals surface area contributed by atoms with E-state index in [0.29, 0.717) is 38.6 Å². The second-order valence-electron chi connectivity index (χ2n) is 6.12. The maximum absolute atomic E-state index is 13.0. The summed E-state index contributed by atoms with van der Waals surface area (Å²) >= 11 is 0. The molecule has 3 nitrogen and oxygen atoms in total. The van der Waals surface area contributed by atoms with Crippen LogP contribution in [0.3, 0.4) is 0 Å². The number of hydrogen-bond acceptors (Lipinski definition) is 3. The van der Waals surface area contributed by atoms with Gasteiger partial charge in [0.05, 0.1) is 0 Å². The van der Waals surface area contributed by atoms with Crippen LogP contribution in [0.4, 0.5) is 0 Å². The van der Waals surface area contributed by atoms with Gasteiger partial charge in [-0.3, -0.25) is 4.79 Å². The molecular formula is C18H24O3. The molecule has 0 unspecified atom stereocenters. The number of carbonyl (C=O) groups excluding carboxylic acids is 1. The molecule has 1 aromatic rings. The summed E-state index contributed by atoms with van der Waals surface area (Å²) in [7, 11) is 0. The highest BCUT2D eigenvalue weighted by atomic mass is 16.5. The van der Waals surface area contributed by atoms with Crippen molar-refractivity contribution in [3.63, 3.8) is 0 Å². The maximum atomic E-state index is 13.0. The number of hydrogen-bond donors (Lipinski definition) is 0. The van der Waals surface area contributed by atoms with Crippen molar-refractivity contribution in [2.45, 2.75) is 50.5 Å². The molecule has 0 atom stereocenters. The van der Waals surface area contributed by atoms with E-state index in [1.165, 1.54) is 24.8 Å². The lowest BCUT2D eigenvalue weighted by atomic mass is 9.78. The van der Waals surface area contributed by atoms with Crippen molar-refractivity contribution >= 4 is 5.78 Å². The molecule has 0 spiro atoms. The first-order valence-electron chi connectivity index (χ1n) is 8.12. The SMILES string of the molecule is CCOC1(C(=O)c2cccc(C3CCC3)c2)CCOCC1. The highest BCUT2D eigenvalue weighted by Gasteiger charge is 2.41. The van der Waals surface area contributed by atoms with Gasteiger partial charge in [0.25, 0.3) is 0 Å². The number of Topliss-reactive ketones (excluding diaryl/α,β-unsaturated/α-hetero) is 1. The number of carbonyl (C=O) groups is 1. The third-order valence-corrected chi connectivity index (χ3v) is 4.86. The molecular weight excluding hydrogens is 264 g/mol.